The molecule has 1 aromatic rings. The zero-order valence-corrected chi connectivity index (χ0v) is 12.2. The first-order valence-corrected chi connectivity index (χ1v) is 7.51. The lowest BCUT2D eigenvalue weighted by Gasteiger charge is -2.31. The lowest BCUT2D eigenvalue weighted by Crippen LogP contribution is -2.34. The fourth-order valence-corrected chi connectivity index (χ4v) is 2.64. The van der Waals surface area contributed by atoms with Gasteiger partial charge in [0.05, 0.1) is 0 Å². The van der Waals surface area contributed by atoms with Gasteiger partial charge in [0.15, 0.2) is 5.78 Å². The van der Waals surface area contributed by atoms with Crippen molar-refractivity contribution in [2.24, 2.45) is 5.92 Å². The number of nitrogens with zero attached hydrogens (tertiary/aromatic N) is 1. The van der Waals surface area contributed by atoms with E-state index in [0.717, 1.165) is 30.1 Å². The van der Waals surface area contributed by atoms with Gasteiger partial charge in [-0.2, -0.15) is 0 Å². The second kappa shape index (κ2) is 6.85. The molecule has 0 spiro atoms. The first-order chi connectivity index (χ1) is 9.19. The maximum absolute atomic E-state index is 12.2. The third-order valence-corrected chi connectivity index (χ3v) is 4.18. The predicted octanol–water partition coefficient (Wildman–Crippen LogP) is 3.69. The number of carbonyl (C=O) groups is 1. The van der Waals surface area contributed by atoms with Gasteiger partial charge in [0.2, 0.25) is 0 Å². The van der Waals surface area contributed by atoms with Crippen LogP contribution < -0.4 is 0 Å². The van der Waals surface area contributed by atoms with Crippen LogP contribution in [-0.4, -0.2) is 30.3 Å². The van der Waals surface area contributed by atoms with Crippen LogP contribution in [0, 0.1) is 12.8 Å². The highest BCUT2D eigenvalue weighted by Gasteiger charge is 2.20. The summed E-state index contributed by atoms with van der Waals surface area (Å²) in [6.45, 7) is 7.36. The summed E-state index contributed by atoms with van der Waals surface area (Å²) in [5.41, 5.74) is 2.02. The van der Waals surface area contributed by atoms with Gasteiger partial charge in [-0.1, -0.05) is 37.1 Å². The number of carbonyl (C=O) groups excluding carboxylic acids is 1. The van der Waals surface area contributed by atoms with Crippen LogP contribution in [0.25, 0.3) is 0 Å². The van der Waals surface area contributed by atoms with Gasteiger partial charge in [-0.05, 0) is 38.3 Å². The van der Waals surface area contributed by atoms with Gasteiger partial charge in [0, 0.05) is 25.1 Å². The second-order valence-electron chi connectivity index (χ2n) is 5.73. The molecule has 0 unspecified atom stereocenters. The van der Waals surface area contributed by atoms with E-state index in [2.05, 4.69) is 11.8 Å². The summed E-state index contributed by atoms with van der Waals surface area (Å²) in [6, 6.07) is 7.92. The van der Waals surface area contributed by atoms with Crippen LogP contribution in [0.3, 0.4) is 0 Å². The van der Waals surface area contributed by atoms with Crippen LogP contribution in [-0.2, 0) is 0 Å². The van der Waals surface area contributed by atoms with E-state index in [1.54, 1.807) is 0 Å². The third kappa shape index (κ3) is 4.17. The second-order valence-corrected chi connectivity index (χ2v) is 5.73. The van der Waals surface area contributed by atoms with Crippen molar-refractivity contribution in [3.63, 3.8) is 0 Å². The van der Waals surface area contributed by atoms with Crippen molar-refractivity contribution in [1.82, 2.24) is 4.90 Å². The molecule has 1 saturated carbocycles. The Morgan fingerprint density at radius 3 is 2.74 bits per heavy atom. The number of aryl methyl sites for hydroxylation is 1. The van der Waals surface area contributed by atoms with Gasteiger partial charge in [-0.3, -0.25) is 4.79 Å². The molecule has 104 valence electrons. The van der Waals surface area contributed by atoms with Gasteiger partial charge < -0.3 is 4.90 Å². The predicted molar refractivity (Wildman–Crippen MR) is 79.6 cm³/mol. The molecule has 2 heteroatoms. The lowest BCUT2D eigenvalue weighted by molar-refractivity contribution is 0.0954. The number of benzene rings is 1. The van der Waals surface area contributed by atoms with Crippen LogP contribution in [0.1, 0.15) is 48.5 Å². The summed E-state index contributed by atoms with van der Waals surface area (Å²) in [7, 11) is 0. The average Bonchev–Trinajstić information content (AvgIpc) is 2.36. The van der Waals surface area contributed by atoms with E-state index in [-0.39, 0.29) is 5.78 Å². The Balaban J connectivity index is 1.81. The largest absolute Gasteiger partial charge is 0.303 e. The summed E-state index contributed by atoms with van der Waals surface area (Å²) >= 11 is 0. The summed E-state index contributed by atoms with van der Waals surface area (Å²) in [4.78, 5) is 14.6. The topological polar surface area (TPSA) is 20.3 Å². The molecular weight excluding hydrogens is 234 g/mol. The number of hydrogen-bond donors (Lipinski definition) is 0. The molecule has 1 aromatic carbocycles. The first-order valence-electron chi connectivity index (χ1n) is 7.51. The highest BCUT2D eigenvalue weighted by molar-refractivity contribution is 5.96. The minimum Gasteiger partial charge on any atom is -0.303 e. The zero-order chi connectivity index (χ0) is 13.7. The minimum absolute atomic E-state index is 0.274. The molecule has 0 atom stereocenters. The van der Waals surface area contributed by atoms with Crippen molar-refractivity contribution in [2.45, 2.75) is 39.5 Å². The van der Waals surface area contributed by atoms with E-state index in [4.69, 9.17) is 0 Å². The van der Waals surface area contributed by atoms with Crippen molar-refractivity contribution < 1.29 is 4.79 Å². The molecule has 0 aromatic heterocycles. The molecule has 19 heavy (non-hydrogen) atoms. The number of ketones is 1. The van der Waals surface area contributed by atoms with E-state index in [1.807, 2.05) is 31.2 Å². The summed E-state index contributed by atoms with van der Waals surface area (Å²) in [5, 5.41) is 0. The molecule has 0 heterocycles. The Kier molecular flexibility index (Phi) is 5.15. The molecule has 0 aliphatic heterocycles. The number of Topliss-reactive ketones (excluding diaryl/α,β-unsaturated/α-hetero) is 1. The van der Waals surface area contributed by atoms with E-state index in [0.29, 0.717) is 6.42 Å². The maximum atomic E-state index is 12.2. The molecule has 1 aliphatic rings. The monoisotopic (exact) mass is 259 g/mol. The van der Waals surface area contributed by atoms with Crippen molar-refractivity contribution in [1.29, 1.82) is 0 Å². The third-order valence-electron chi connectivity index (χ3n) is 4.18. The fraction of sp³-hybridized carbons (Fsp3) is 0.588. The Morgan fingerprint density at radius 2 is 2.16 bits per heavy atom. The summed E-state index contributed by atoms with van der Waals surface area (Å²) < 4.78 is 0. The highest BCUT2D eigenvalue weighted by atomic mass is 16.1. The zero-order valence-electron chi connectivity index (χ0n) is 12.2. The van der Waals surface area contributed by atoms with Gasteiger partial charge in [0.25, 0.3) is 0 Å². The van der Waals surface area contributed by atoms with Gasteiger partial charge in [0.1, 0.15) is 0 Å². The summed E-state index contributed by atoms with van der Waals surface area (Å²) in [5.74, 6) is 1.16. The van der Waals surface area contributed by atoms with Crippen LogP contribution >= 0.6 is 0 Å². The van der Waals surface area contributed by atoms with Crippen LogP contribution in [0.2, 0.25) is 0 Å². The Morgan fingerprint density at radius 1 is 1.37 bits per heavy atom. The minimum atomic E-state index is 0.274. The SMILES string of the molecule is CCN(CCC(=O)c1cccc(C)c1)CC1CCC1. The number of hydrogen-bond acceptors (Lipinski definition) is 2. The molecule has 0 bridgehead atoms. The average molecular weight is 259 g/mol. The van der Waals surface area contributed by atoms with Crippen molar-refractivity contribution in [3.8, 4) is 0 Å². The molecule has 0 radical (unpaired) electrons. The maximum Gasteiger partial charge on any atom is 0.164 e. The van der Waals surface area contributed by atoms with Crippen LogP contribution in [0.4, 0.5) is 0 Å². The molecule has 1 aliphatic carbocycles. The fourth-order valence-electron chi connectivity index (χ4n) is 2.64. The van der Waals surface area contributed by atoms with Crippen molar-refractivity contribution >= 4 is 5.78 Å². The Bertz CT molecular complexity index is 423. The van der Waals surface area contributed by atoms with E-state index >= 15 is 0 Å². The quantitative estimate of drug-likeness (QED) is 0.696. The molecule has 2 nitrogen and oxygen atoms in total. The van der Waals surface area contributed by atoms with E-state index in [1.165, 1.54) is 25.8 Å². The standard InChI is InChI=1S/C17H25NO/c1-3-18(13-15-7-5-8-15)11-10-17(19)16-9-4-6-14(2)12-16/h4,6,9,12,15H,3,5,7-8,10-11,13H2,1-2H3. The molecular formula is C17H25NO. The van der Waals surface area contributed by atoms with Gasteiger partial charge in [-0.25, -0.2) is 0 Å². The van der Waals surface area contributed by atoms with Crippen LogP contribution in [0.5, 0.6) is 0 Å². The molecule has 0 amide bonds. The number of rotatable bonds is 7. The van der Waals surface area contributed by atoms with E-state index < -0.39 is 0 Å². The van der Waals surface area contributed by atoms with Gasteiger partial charge in [-0.15, -0.1) is 0 Å². The van der Waals surface area contributed by atoms with Crippen LogP contribution in [0.15, 0.2) is 24.3 Å². The molecule has 0 N–H and O–H groups in total. The molecule has 0 saturated heterocycles. The van der Waals surface area contributed by atoms with E-state index in [9.17, 15) is 4.79 Å². The normalized spacial score (nSPS) is 15.5. The smallest absolute Gasteiger partial charge is 0.164 e. The molecule has 2 rings (SSSR count). The lowest BCUT2D eigenvalue weighted by atomic mass is 9.85. The Hall–Kier alpha value is -1.15. The molecule has 1 fully saturated rings. The van der Waals surface area contributed by atoms with Gasteiger partial charge >= 0.3 is 0 Å². The van der Waals surface area contributed by atoms with Crippen molar-refractivity contribution in [2.75, 3.05) is 19.6 Å². The highest BCUT2D eigenvalue weighted by Crippen LogP contribution is 2.27. The first kappa shape index (κ1) is 14.3. The summed E-state index contributed by atoms with van der Waals surface area (Å²) in [6.07, 6.45) is 4.79. The van der Waals surface area contributed by atoms with Crippen molar-refractivity contribution in [3.05, 3.63) is 35.4 Å². The Labute approximate surface area is 116 Å².